The van der Waals surface area contributed by atoms with Crippen LogP contribution in [0.4, 0.5) is 5.69 Å². The number of anilines is 1. The van der Waals surface area contributed by atoms with E-state index in [-0.39, 0.29) is 5.75 Å². The molecule has 0 spiro atoms. The van der Waals surface area contributed by atoms with Gasteiger partial charge in [0.2, 0.25) is 0 Å². The quantitative estimate of drug-likeness (QED) is 0.451. The molecule has 0 aliphatic heterocycles. The second kappa shape index (κ2) is 7.02. The summed E-state index contributed by atoms with van der Waals surface area (Å²) < 4.78 is 1.000. The van der Waals surface area contributed by atoms with Crippen molar-refractivity contribution < 1.29 is 5.11 Å². The summed E-state index contributed by atoms with van der Waals surface area (Å²) in [5.41, 5.74) is 4.17. The van der Waals surface area contributed by atoms with Crippen molar-refractivity contribution in [3.05, 3.63) is 58.6 Å². The molecular formula is C14H12BrN3OS. The lowest BCUT2D eigenvalue weighted by Gasteiger charge is -2.06. The van der Waals surface area contributed by atoms with Crippen LogP contribution in [0.2, 0.25) is 0 Å². The lowest BCUT2D eigenvalue weighted by atomic mass is 10.2. The number of nitrogens with one attached hydrogen (secondary N) is 2. The first-order valence-electron chi connectivity index (χ1n) is 5.79. The highest BCUT2D eigenvalue weighted by atomic mass is 79.9. The predicted molar refractivity (Wildman–Crippen MR) is 89.2 cm³/mol. The van der Waals surface area contributed by atoms with Gasteiger partial charge in [0.1, 0.15) is 5.75 Å². The first-order chi connectivity index (χ1) is 9.65. The molecule has 0 aliphatic carbocycles. The summed E-state index contributed by atoms with van der Waals surface area (Å²) in [7, 11) is 0. The van der Waals surface area contributed by atoms with E-state index in [9.17, 15) is 5.11 Å². The molecule has 0 atom stereocenters. The van der Waals surface area contributed by atoms with Crippen LogP contribution in [0.15, 0.2) is 58.1 Å². The number of phenols is 1. The zero-order chi connectivity index (χ0) is 14.4. The Balaban J connectivity index is 1.89. The fraction of sp³-hybridized carbons (Fsp3) is 0. The summed E-state index contributed by atoms with van der Waals surface area (Å²) in [4.78, 5) is 0. The number of hydrazone groups is 1. The highest BCUT2D eigenvalue weighted by Gasteiger charge is 1.97. The van der Waals surface area contributed by atoms with E-state index in [2.05, 4.69) is 31.8 Å². The van der Waals surface area contributed by atoms with Gasteiger partial charge in [-0.05, 0) is 48.6 Å². The predicted octanol–water partition coefficient (Wildman–Crippen LogP) is 3.48. The summed E-state index contributed by atoms with van der Waals surface area (Å²) in [6, 6.07) is 14.5. The average molecular weight is 350 g/mol. The Morgan fingerprint density at radius 2 is 1.85 bits per heavy atom. The number of benzene rings is 2. The summed E-state index contributed by atoms with van der Waals surface area (Å²) in [6.45, 7) is 0. The fourth-order valence-corrected chi connectivity index (χ4v) is 1.88. The van der Waals surface area contributed by atoms with E-state index < -0.39 is 0 Å². The molecule has 0 aromatic heterocycles. The van der Waals surface area contributed by atoms with Gasteiger partial charge in [0.05, 0.1) is 6.21 Å². The maximum atomic E-state index is 9.56. The number of nitrogens with zero attached hydrogens (tertiary/aromatic N) is 1. The van der Waals surface area contributed by atoms with Crippen molar-refractivity contribution in [2.24, 2.45) is 5.10 Å². The summed E-state index contributed by atoms with van der Waals surface area (Å²) in [6.07, 6.45) is 1.50. The van der Waals surface area contributed by atoms with E-state index in [0.717, 1.165) is 10.2 Å². The second-order valence-electron chi connectivity index (χ2n) is 3.89. The van der Waals surface area contributed by atoms with Gasteiger partial charge in [-0.3, -0.25) is 5.43 Å². The third-order valence-corrected chi connectivity index (χ3v) is 3.13. The number of phenolic OH excluding ortho intramolecular Hbond substituents is 1. The van der Waals surface area contributed by atoms with E-state index in [4.69, 9.17) is 12.2 Å². The minimum Gasteiger partial charge on any atom is -0.507 e. The summed E-state index contributed by atoms with van der Waals surface area (Å²) in [5, 5.41) is 16.9. The Labute approximate surface area is 130 Å². The third-order valence-electron chi connectivity index (χ3n) is 2.41. The molecule has 2 rings (SSSR count). The molecule has 0 amide bonds. The van der Waals surface area contributed by atoms with Crippen LogP contribution in [-0.4, -0.2) is 16.4 Å². The standard InChI is InChI=1S/C14H12BrN3OS/c15-11-5-7-12(8-6-11)17-14(20)18-16-9-10-3-1-2-4-13(10)19/h1-9,19H,(H2,17,18,20)/b16-9+. The molecule has 0 heterocycles. The smallest absolute Gasteiger partial charge is 0.191 e. The molecule has 102 valence electrons. The highest BCUT2D eigenvalue weighted by Crippen LogP contribution is 2.14. The monoisotopic (exact) mass is 349 g/mol. The maximum absolute atomic E-state index is 9.56. The number of thiocarbonyl (C=S) groups is 1. The van der Waals surface area contributed by atoms with Crippen molar-refractivity contribution in [3.63, 3.8) is 0 Å². The first kappa shape index (κ1) is 14.5. The zero-order valence-electron chi connectivity index (χ0n) is 10.4. The van der Waals surface area contributed by atoms with Crippen molar-refractivity contribution >= 4 is 45.2 Å². The maximum Gasteiger partial charge on any atom is 0.191 e. The highest BCUT2D eigenvalue weighted by molar-refractivity contribution is 9.10. The van der Waals surface area contributed by atoms with Crippen LogP contribution < -0.4 is 10.7 Å². The lowest BCUT2D eigenvalue weighted by Crippen LogP contribution is -2.23. The van der Waals surface area contributed by atoms with Gasteiger partial charge in [0.25, 0.3) is 0 Å². The average Bonchev–Trinajstić information content (AvgIpc) is 2.43. The minimum atomic E-state index is 0.171. The molecule has 2 aromatic rings. The number of para-hydroxylation sites is 1. The van der Waals surface area contributed by atoms with Crippen LogP contribution in [0, 0.1) is 0 Å². The van der Waals surface area contributed by atoms with Gasteiger partial charge in [0.15, 0.2) is 5.11 Å². The van der Waals surface area contributed by atoms with Crippen LogP contribution >= 0.6 is 28.1 Å². The molecule has 0 saturated carbocycles. The van der Waals surface area contributed by atoms with Crippen molar-refractivity contribution in [3.8, 4) is 5.75 Å². The van der Waals surface area contributed by atoms with Crippen LogP contribution in [0.1, 0.15) is 5.56 Å². The topological polar surface area (TPSA) is 56.7 Å². The van der Waals surface area contributed by atoms with Crippen LogP contribution in [0.5, 0.6) is 5.75 Å². The molecule has 20 heavy (non-hydrogen) atoms. The van der Waals surface area contributed by atoms with Gasteiger partial charge >= 0.3 is 0 Å². The molecule has 0 aliphatic rings. The van der Waals surface area contributed by atoms with Crippen LogP contribution in [-0.2, 0) is 0 Å². The van der Waals surface area contributed by atoms with Gasteiger partial charge in [-0.2, -0.15) is 5.10 Å². The van der Waals surface area contributed by atoms with E-state index in [0.29, 0.717) is 10.7 Å². The molecule has 3 N–H and O–H groups in total. The van der Waals surface area contributed by atoms with Gasteiger partial charge in [-0.1, -0.05) is 28.1 Å². The number of hydrogen-bond donors (Lipinski definition) is 3. The van der Waals surface area contributed by atoms with E-state index in [1.807, 2.05) is 30.3 Å². The fourth-order valence-electron chi connectivity index (χ4n) is 1.45. The lowest BCUT2D eigenvalue weighted by molar-refractivity contribution is 0.474. The molecule has 0 radical (unpaired) electrons. The molecule has 0 unspecified atom stereocenters. The Morgan fingerprint density at radius 1 is 1.15 bits per heavy atom. The van der Waals surface area contributed by atoms with E-state index in [1.165, 1.54) is 6.21 Å². The molecular weight excluding hydrogens is 338 g/mol. The SMILES string of the molecule is Oc1ccccc1/C=N/NC(=S)Nc1ccc(Br)cc1. The molecule has 4 nitrogen and oxygen atoms in total. The Morgan fingerprint density at radius 3 is 2.55 bits per heavy atom. The van der Waals surface area contributed by atoms with Crippen LogP contribution in [0.3, 0.4) is 0 Å². The molecule has 0 fully saturated rings. The Bertz CT molecular complexity index is 629. The Hall–Kier alpha value is -1.92. The van der Waals surface area contributed by atoms with Crippen molar-refractivity contribution in [1.82, 2.24) is 5.43 Å². The van der Waals surface area contributed by atoms with E-state index in [1.54, 1.807) is 18.2 Å². The first-order valence-corrected chi connectivity index (χ1v) is 6.99. The Kier molecular flexibility index (Phi) is 5.09. The van der Waals surface area contributed by atoms with E-state index >= 15 is 0 Å². The molecule has 2 aromatic carbocycles. The second-order valence-corrected chi connectivity index (χ2v) is 5.21. The number of hydrogen-bond acceptors (Lipinski definition) is 3. The number of aromatic hydroxyl groups is 1. The number of halogens is 1. The van der Waals surface area contributed by atoms with Crippen LogP contribution in [0.25, 0.3) is 0 Å². The summed E-state index contributed by atoms with van der Waals surface area (Å²) >= 11 is 8.47. The molecule has 0 bridgehead atoms. The molecule has 6 heteroatoms. The van der Waals surface area contributed by atoms with Gasteiger partial charge in [-0.15, -0.1) is 0 Å². The summed E-state index contributed by atoms with van der Waals surface area (Å²) in [5.74, 6) is 0.171. The largest absolute Gasteiger partial charge is 0.507 e. The normalized spacial score (nSPS) is 10.4. The van der Waals surface area contributed by atoms with Crippen molar-refractivity contribution in [1.29, 1.82) is 0 Å². The third kappa shape index (κ3) is 4.32. The molecule has 0 saturated heterocycles. The van der Waals surface area contributed by atoms with Crippen molar-refractivity contribution in [2.45, 2.75) is 0 Å². The van der Waals surface area contributed by atoms with Gasteiger partial charge in [-0.25, -0.2) is 0 Å². The van der Waals surface area contributed by atoms with Gasteiger partial charge < -0.3 is 10.4 Å². The number of rotatable bonds is 3. The zero-order valence-corrected chi connectivity index (χ0v) is 12.8. The van der Waals surface area contributed by atoms with Gasteiger partial charge in [0, 0.05) is 15.7 Å². The van der Waals surface area contributed by atoms with Crippen molar-refractivity contribution in [2.75, 3.05) is 5.32 Å². The minimum absolute atomic E-state index is 0.171.